The molecule has 6 heterocycles. The molecule has 18 N–H and O–H groups in total. The Balaban J connectivity index is 1.15. The Bertz CT molecular complexity index is 2500. The summed E-state index contributed by atoms with van der Waals surface area (Å²) < 4.78 is 72.2. The van der Waals surface area contributed by atoms with Gasteiger partial charge in [-0.25, -0.2) is 0 Å². The van der Waals surface area contributed by atoms with Crippen molar-refractivity contribution in [3.63, 3.8) is 0 Å². The Morgan fingerprint density at radius 1 is 0.434 bits per heavy atom. The predicted molar refractivity (Wildman–Crippen MR) is 339 cm³/mol. The van der Waals surface area contributed by atoms with Gasteiger partial charge < -0.3 is 150 Å². The van der Waals surface area contributed by atoms with Crippen molar-refractivity contribution < 1.29 is 147 Å². The molecule has 0 aromatic carbocycles. The van der Waals surface area contributed by atoms with Gasteiger partial charge in [-0.1, -0.05) is 70.4 Å². The fraction of sp³-hybridized carbons (Fsp3) is 0.891. The minimum atomic E-state index is -2.05. The lowest BCUT2D eigenvalue weighted by Gasteiger charge is -2.51. The molecule has 6 aliphatic heterocycles. The van der Waals surface area contributed by atoms with Gasteiger partial charge in [-0.05, 0) is 46.0 Å². The zero-order valence-electron chi connectivity index (χ0n) is 57.6. The molecule has 6 saturated heterocycles. The molecular weight excluding hydrogens is 1320 g/mol. The molecule has 0 aromatic rings. The molecule has 572 valence electrons. The van der Waals surface area contributed by atoms with Gasteiger partial charge in [0.25, 0.3) is 0 Å². The van der Waals surface area contributed by atoms with Crippen LogP contribution < -0.4 is 26.6 Å². The van der Waals surface area contributed by atoms with E-state index in [4.69, 9.17) is 56.8 Å². The highest BCUT2D eigenvalue weighted by molar-refractivity contribution is 5.76. The Morgan fingerprint density at radius 3 is 1.20 bits per heavy atom. The minimum absolute atomic E-state index is 0.0165. The van der Waals surface area contributed by atoms with E-state index in [1.165, 1.54) is 46.6 Å². The van der Waals surface area contributed by atoms with Crippen LogP contribution in [0, 0.1) is 0 Å². The van der Waals surface area contributed by atoms with Crippen LogP contribution in [-0.4, -0.2) is 319 Å². The lowest BCUT2D eigenvalue weighted by molar-refractivity contribution is -0.369. The van der Waals surface area contributed by atoms with Crippen molar-refractivity contribution in [3.8, 4) is 0 Å². The molecule has 30 atom stereocenters. The Kier molecular flexibility index (Phi) is 34.3. The SMILES string of the molecule is CCCCCC/C=C\CCCCCCCCCC(=O)NC1[C@H](O[C@@H]2C(CO)O[C@@H](O[C@@H]3C(CO)O[C@@H](O[C@@H]4C(CO)O[C@@H](O[C@@H]5C(CO[C@@H]6OC(C)[C@@](C)(O)C(O)[C@H]6OC)O[C@@H](O)C(NC(C)=O)[C@H]5O)C(NC(C)=O)[C@H]4O)C(NC(C)=O)[C@H]3O)C(NC(C)=O)[C@H]2O)OC(CO)[C@@H](O)[C@@H]1O. The van der Waals surface area contributed by atoms with Gasteiger partial charge in [0.15, 0.2) is 37.7 Å². The Morgan fingerprint density at radius 2 is 0.798 bits per heavy atom. The summed E-state index contributed by atoms with van der Waals surface area (Å²) in [7, 11) is 1.22. The van der Waals surface area contributed by atoms with Crippen molar-refractivity contribution in [2.24, 2.45) is 0 Å². The predicted octanol–water partition coefficient (Wildman–Crippen LogP) is -5.29. The number of aliphatic hydroxyl groups excluding tert-OH is 12. The summed E-state index contributed by atoms with van der Waals surface area (Å²) in [5.41, 5.74) is -1.80. The van der Waals surface area contributed by atoms with E-state index in [1.807, 2.05) is 0 Å². The van der Waals surface area contributed by atoms with Crippen LogP contribution >= 0.6 is 0 Å². The molecule has 12 unspecified atom stereocenters. The van der Waals surface area contributed by atoms with E-state index in [2.05, 4.69) is 45.7 Å². The number of unbranched alkanes of at least 4 members (excludes halogenated alkanes) is 11. The van der Waals surface area contributed by atoms with Crippen molar-refractivity contribution in [1.29, 1.82) is 0 Å². The molecule has 0 spiro atoms. The number of rotatable bonds is 36. The van der Waals surface area contributed by atoms with Crippen molar-refractivity contribution in [2.45, 2.75) is 322 Å². The van der Waals surface area contributed by atoms with E-state index in [9.17, 15) is 90.4 Å². The first-order valence-corrected chi connectivity index (χ1v) is 34.4. The zero-order valence-corrected chi connectivity index (χ0v) is 57.6. The van der Waals surface area contributed by atoms with Crippen LogP contribution in [0.25, 0.3) is 0 Å². The van der Waals surface area contributed by atoms with Crippen molar-refractivity contribution in [2.75, 3.05) is 40.1 Å². The molecule has 99 heavy (non-hydrogen) atoms. The summed E-state index contributed by atoms with van der Waals surface area (Å²) in [5, 5.41) is 159. The van der Waals surface area contributed by atoms with Crippen molar-refractivity contribution in [1.82, 2.24) is 26.6 Å². The van der Waals surface area contributed by atoms with E-state index >= 15 is 0 Å². The Labute approximate surface area is 575 Å². The molecule has 6 aliphatic rings. The first kappa shape index (κ1) is 84.0. The monoisotopic (exact) mass is 1430 g/mol. The second kappa shape index (κ2) is 40.4. The van der Waals surface area contributed by atoms with E-state index < -0.39 is 246 Å². The van der Waals surface area contributed by atoms with Crippen molar-refractivity contribution in [3.05, 3.63) is 12.2 Å². The van der Waals surface area contributed by atoms with Crippen LogP contribution in [0.5, 0.6) is 0 Å². The molecule has 6 rings (SSSR count). The van der Waals surface area contributed by atoms with E-state index in [0.29, 0.717) is 6.42 Å². The smallest absolute Gasteiger partial charge is 0.220 e. The standard InChI is InChI=1S/C64H111N5O30/c1-9-10-11-12-13-14-15-16-17-18-19-20-21-22-23-24-40(78)69-42-47(80)46(79)35(25-70)92-59(42)96-52-36(26-71)93-60(43(49(52)82)66-32(4)75)97-53-37(27-72)94-61(44(50(53)83)67-33(5)76)98-54-38(28-73)95-62(45(51(54)84)68-34(6)77)99-55-39(91-58(86)41(48(55)81)65-31(3)74)29-89-63-56(88-8)57(85)64(7,87)30(2)90-63/h14-15,30,35-39,41-63,70-73,79-87H,9-13,16-29H2,1-8H3,(H,65,74)(H,66,75)(H,67,76)(H,68,77)(H,69,78)/b15-14-/t30?,35?,36?,37?,38?,39?,41?,42?,43?,44?,45?,46-,47-,48-,49-,50-,51-,52-,53-,54-,55-,56-,57?,58-,59+,60+,61+,62+,63-,64-/m1/s1. The third kappa shape index (κ3) is 22.6. The number of ether oxygens (including phenoxy) is 12. The average molecular weight is 1430 g/mol. The van der Waals surface area contributed by atoms with Gasteiger partial charge in [0, 0.05) is 41.2 Å². The fourth-order valence-corrected chi connectivity index (χ4v) is 13.1. The molecule has 0 saturated carbocycles. The number of hydrogen-bond donors (Lipinski definition) is 18. The third-order valence-corrected chi connectivity index (χ3v) is 18.8. The van der Waals surface area contributed by atoms with Crippen LogP contribution in [0.2, 0.25) is 0 Å². The van der Waals surface area contributed by atoms with Crippen LogP contribution in [0.1, 0.15) is 138 Å². The lowest BCUT2D eigenvalue weighted by atomic mass is 9.86. The first-order chi connectivity index (χ1) is 47.1. The highest BCUT2D eigenvalue weighted by Gasteiger charge is 2.59. The maximum atomic E-state index is 13.5. The number of methoxy groups -OCH3 is 1. The van der Waals surface area contributed by atoms with E-state index in [-0.39, 0.29) is 6.42 Å². The van der Waals surface area contributed by atoms with E-state index in [1.54, 1.807) is 0 Å². The van der Waals surface area contributed by atoms with Gasteiger partial charge in [0.05, 0.1) is 39.1 Å². The summed E-state index contributed by atoms with van der Waals surface area (Å²) in [4.78, 5) is 64.6. The van der Waals surface area contributed by atoms with Gasteiger partial charge >= 0.3 is 0 Å². The molecule has 0 aromatic heterocycles. The van der Waals surface area contributed by atoms with Gasteiger partial charge in [0.1, 0.15) is 140 Å². The van der Waals surface area contributed by atoms with Gasteiger partial charge in [0.2, 0.25) is 29.5 Å². The number of carbonyl (C=O) groups is 5. The molecule has 0 bridgehead atoms. The number of aliphatic hydroxyl groups is 13. The number of nitrogens with one attached hydrogen (secondary N) is 5. The average Bonchev–Trinajstić information content (AvgIpc) is 0.773. The largest absolute Gasteiger partial charge is 0.394 e. The summed E-state index contributed by atoms with van der Waals surface area (Å²) >= 11 is 0. The molecule has 0 radical (unpaired) electrons. The van der Waals surface area contributed by atoms with Gasteiger partial charge in [-0.15, -0.1) is 0 Å². The lowest BCUT2D eigenvalue weighted by Crippen LogP contribution is -2.72. The quantitative estimate of drug-likeness (QED) is 0.0206. The zero-order chi connectivity index (χ0) is 73.0. The fourth-order valence-electron chi connectivity index (χ4n) is 13.1. The third-order valence-electron chi connectivity index (χ3n) is 18.8. The molecule has 35 heteroatoms. The molecular formula is C64H111N5O30. The highest BCUT2D eigenvalue weighted by atomic mass is 16.8. The number of carbonyl (C=O) groups excluding carboxylic acids is 5. The number of allylic oxidation sites excluding steroid dienone is 2. The summed E-state index contributed by atoms with van der Waals surface area (Å²) in [5.74, 6) is -3.71. The van der Waals surface area contributed by atoms with E-state index in [0.717, 1.165) is 79.1 Å². The van der Waals surface area contributed by atoms with Gasteiger partial charge in [-0.2, -0.15) is 0 Å². The van der Waals surface area contributed by atoms with Gasteiger partial charge in [-0.3, -0.25) is 24.0 Å². The maximum absolute atomic E-state index is 13.5. The second-order valence-electron chi connectivity index (χ2n) is 26.5. The summed E-state index contributed by atoms with van der Waals surface area (Å²) in [6, 6.07) is -8.36. The van der Waals surface area contributed by atoms with Crippen LogP contribution in [0.4, 0.5) is 0 Å². The second-order valence-corrected chi connectivity index (χ2v) is 26.5. The minimum Gasteiger partial charge on any atom is -0.394 e. The normalized spacial score (nSPS) is 40.4. The van der Waals surface area contributed by atoms with Crippen LogP contribution in [0.3, 0.4) is 0 Å². The summed E-state index contributed by atoms with van der Waals surface area (Å²) in [6.45, 7) is 4.69. The Hall–Kier alpha value is -3.91. The van der Waals surface area contributed by atoms with Crippen molar-refractivity contribution >= 4 is 29.5 Å². The first-order valence-electron chi connectivity index (χ1n) is 34.4. The maximum Gasteiger partial charge on any atom is 0.220 e. The molecule has 5 amide bonds. The molecule has 35 nitrogen and oxygen atoms in total. The van der Waals surface area contributed by atoms with Crippen LogP contribution in [-0.2, 0) is 80.8 Å². The summed E-state index contributed by atoms with van der Waals surface area (Å²) in [6.07, 6.45) is -23.6. The highest BCUT2D eigenvalue weighted by Crippen LogP contribution is 2.38. The number of hydrogen-bond acceptors (Lipinski definition) is 30. The van der Waals surface area contributed by atoms with Crippen LogP contribution in [0.15, 0.2) is 12.2 Å². The molecule has 0 aliphatic carbocycles. The topological polar surface area (TPSA) is 519 Å². The number of amides is 5. The molecule has 6 fully saturated rings.